The number of nitrogens with zero attached hydrogens (tertiary/aromatic N) is 5. The minimum absolute atomic E-state index is 0.550. The van der Waals surface area contributed by atoms with Crippen LogP contribution in [0.4, 0.5) is 5.82 Å². The van der Waals surface area contributed by atoms with Gasteiger partial charge in [0.05, 0.1) is 17.4 Å². The lowest BCUT2D eigenvalue weighted by molar-refractivity contribution is 0.340. The molecule has 0 N–H and O–H groups in total. The van der Waals surface area contributed by atoms with E-state index in [1.165, 1.54) is 44.2 Å². The van der Waals surface area contributed by atoms with Gasteiger partial charge in [-0.05, 0) is 80.0 Å². The van der Waals surface area contributed by atoms with Crippen molar-refractivity contribution in [3.8, 4) is 22.4 Å². The van der Waals surface area contributed by atoms with E-state index in [0.29, 0.717) is 5.41 Å². The highest BCUT2D eigenvalue weighted by Gasteiger charge is 2.40. The van der Waals surface area contributed by atoms with E-state index >= 15 is 0 Å². The van der Waals surface area contributed by atoms with Crippen LogP contribution >= 0.6 is 0 Å². The van der Waals surface area contributed by atoms with Crippen molar-refractivity contribution < 1.29 is 0 Å². The lowest BCUT2D eigenvalue weighted by atomic mass is 9.86. The zero-order chi connectivity index (χ0) is 24.3. The van der Waals surface area contributed by atoms with E-state index in [0.717, 1.165) is 57.0 Å². The number of hydrogen-bond donors (Lipinski definition) is 0. The maximum atomic E-state index is 4.96. The van der Waals surface area contributed by atoms with Crippen LogP contribution in [0.3, 0.4) is 0 Å². The predicted octanol–water partition coefficient (Wildman–Crippen LogP) is 7.00. The van der Waals surface area contributed by atoms with Gasteiger partial charge in [-0.3, -0.25) is 9.38 Å². The molecule has 5 heteroatoms. The Hall–Kier alpha value is -3.73. The summed E-state index contributed by atoms with van der Waals surface area (Å²) in [7, 11) is 0. The van der Waals surface area contributed by atoms with Gasteiger partial charge in [0.2, 0.25) is 0 Å². The van der Waals surface area contributed by atoms with Crippen LogP contribution in [-0.4, -0.2) is 32.4 Å². The fourth-order valence-electron chi connectivity index (χ4n) is 6.58. The van der Waals surface area contributed by atoms with Crippen molar-refractivity contribution in [2.45, 2.75) is 46.0 Å². The third kappa shape index (κ3) is 3.48. The molecule has 1 aliphatic carbocycles. The second kappa shape index (κ2) is 8.16. The Balaban J connectivity index is 1.22. The van der Waals surface area contributed by atoms with Gasteiger partial charge in [0.25, 0.3) is 0 Å². The van der Waals surface area contributed by atoms with E-state index in [4.69, 9.17) is 15.0 Å². The van der Waals surface area contributed by atoms with E-state index in [9.17, 15) is 0 Å². The number of para-hydroxylation sites is 1. The first kappa shape index (κ1) is 21.5. The normalized spacial score (nSPS) is 17.1. The molecule has 36 heavy (non-hydrogen) atoms. The van der Waals surface area contributed by atoms with Crippen molar-refractivity contribution in [3.05, 3.63) is 78.4 Å². The molecule has 1 spiro atoms. The molecule has 0 radical (unpaired) electrons. The molecule has 2 fully saturated rings. The number of hydrogen-bond acceptors (Lipinski definition) is 4. The van der Waals surface area contributed by atoms with Crippen LogP contribution in [0.5, 0.6) is 0 Å². The van der Waals surface area contributed by atoms with Gasteiger partial charge in [-0.25, -0.2) is 9.97 Å². The summed E-state index contributed by atoms with van der Waals surface area (Å²) < 4.78 is 2.17. The van der Waals surface area contributed by atoms with Crippen molar-refractivity contribution in [1.29, 1.82) is 0 Å². The quantitative estimate of drug-likeness (QED) is 0.283. The standard InChI is InChI=1S/C31H31N5/c1-21-15-24(18-33-30(21)35-14-12-31(20-35)10-5-6-11-31)23-9-13-36-28(19-32-29(36)17-23)26-16-22(2)34-27-8-4-3-7-25(26)27/h3-4,7-9,13,15-19H,5-6,10-12,14,20H2,1-2H3. The summed E-state index contributed by atoms with van der Waals surface area (Å²) in [6.07, 6.45) is 13.0. The highest BCUT2D eigenvalue weighted by Crippen LogP contribution is 2.46. The molecule has 1 aliphatic heterocycles. The highest BCUT2D eigenvalue weighted by molar-refractivity contribution is 5.94. The number of aromatic nitrogens is 4. The minimum Gasteiger partial charge on any atom is -0.356 e. The van der Waals surface area contributed by atoms with Crippen molar-refractivity contribution in [1.82, 2.24) is 19.4 Å². The Bertz CT molecular complexity index is 1610. The molecule has 0 atom stereocenters. The number of fused-ring (bicyclic) bond motifs is 2. The molecular weight excluding hydrogens is 442 g/mol. The lowest BCUT2D eigenvalue weighted by Gasteiger charge is -2.25. The molecule has 0 bridgehead atoms. The Morgan fingerprint density at radius 1 is 0.861 bits per heavy atom. The highest BCUT2D eigenvalue weighted by atomic mass is 15.2. The van der Waals surface area contributed by atoms with E-state index in [1.807, 2.05) is 25.4 Å². The van der Waals surface area contributed by atoms with Crippen molar-refractivity contribution in [2.24, 2.45) is 5.41 Å². The Kier molecular flexibility index (Phi) is 4.88. The second-order valence-electron chi connectivity index (χ2n) is 10.9. The van der Waals surface area contributed by atoms with Crippen molar-refractivity contribution >= 4 is 22.4 Å². The summed E-state index contributed by atoms with van der Waals surface area (Å²) in [6, 6.07) is 17.1. The van der Waals surface area contributed by atoms with E-state index in [-0.39, 0.29) is 0 Å². The lowest BCUT2D eigenvalue weighted by Crippen LogP contribution is -2.26. The Morgan fingerprint density at radius 3 is 2.58 bits per heavy atom. The molecule has 5 nitrogen and oxygen atoms in total. The summed E-state index contributed by atoms with van der Waals surface area (Å²) >= 11 is 0. The Labute approximate surface area is 211 Å². The van der Waals surface area contributed by atoms with Gasteiger partial charge in [0, 0.05) is 47.7 Å². The molecule has 0 unspecified atom stereocenters. The third-order valence-electron chi connectivity index (χ3n) is 8.42. The maximum absolute atomic E-state index is 4.96. The summed E-state index contributed by atoms with van der Waals surface area (Å²) in [4.78, 5) is 17.0. The van der Waals surface area contributed by atoms with Crippen LogP contribution in [0.15, 0.2) is 67.1 Å². The molecule has 0 amide bonds. The smallest absolute Gasteiger partial charge is 0.137 e. The fraction of sp³-hybridized carbons (Fsp3) is 0.323. The van der Waals surface area contributed by atoms with Gasteiger partial charge < -0.3 is 4.90 Å². The molecule has 5 aromatic rings. The summed E-state index contributed by atoms with van der Waals surface area (Å²) in [5.74, 6) is 1.16. The average molecular weight is 474 g/mol. The van der Waals surface area contributed by atoms with Gasteiger partial charge in [-0.15, -0.1) is 0 Å². The van der Waals surface area contributed by atoms with Gasteiger partial charge in [0.15, 0.2) is 0 Å². The number of anilines is 1. The number of pyridine rings is 3. The number of imidazole rings is 1. The van der Waals surface area contributed by atoms with Crippen LogP contribution in [0.2, 0.25) is 0 Å². The maximum Gasteiger partial charge on any atom is 0.137 e. The minimum atomic E-state index is 0.550. The monoisotopic (exact) mass is 473 g/mol. The SMILES string of the molecule is Cc1cc(-c2cnc3cc(-c4cnc(N5CCC6(CCCC6)C5)c(C)c4)ccn23)c2ccccc2n1. The summed E-state index contributed by atoms with van der Waals surface area (Å²) in [6.45, 7) is 6.56. The molecule has 1 aromatic carbocycles. The third-order valence-corrected chi connectivity index (χ3v) is 8.42. The molecule has 5 heterocycles. The first-order chi connectivity index (χ1) is 17.6. The van der Waals surface area contributed by atoms with Crippen LogP contribution < -0.4 is 4.90 Å². The van der Waals surface area contributed by atoms with Crippen LogP contribution in [0.25, 0.3) is 38.9 Å². The molecule has 1 saturated heterocycles. The number of rotatable bonds is 3. The van der Waals surface area contributed by atoms with Gasteiger partial charge >= 0.3 is 0 Å². The molecule has 180 valence electrons. The summed E-state index contributed by atoms with van der Waals surface area (Å²) in [5.41, 5.74) is 9.29. The van der Waals surface area contributed by atoms with E-state index in [2.05, 4.69) is 64.9 Å². The average Bonchev–Trinajstić information content (AvgIpc) is 3.64. The van der Waals surface area contributed by atoms with Gasteiger partial charge in [-0.2, -0.15) is 0 Å². The van der Waals surface area contributed by atoms with Gasteiger partial charge in [0.1, 0.15) is 11.5 Å². The topological polar surface area (TPSA) is 46.3 Å². The van der Waals surface area contributed by atoms with Crippen LogP contribution in [-0.2, 0) is 0 Å². The van der Waals surface area contributed by atoms with Gasteiger partial charge in [-0.1, -0.05) is 31.0 Å². The zero-order valence-corrected chi connectivity index (χ0v) is 21.0. The predicted molar refractivity (Wildman–Crippen MR) is 146 cm³/mol. The molecule has 2 aliphatic rings. The largest absolute Gasteiger partial charge is 0.356 e. The second-order valence-corrected chi connectivity index (χ2v) is 10.9. The fourth-order valence-corrected chi connectivity index (χ4v) is 6.58. The zero-order valence-electron chi connectivity index (χ0n) is 21.0. The molecule has 4 aromatic heterocycles. The van der Waals surface area contributed by atoms with Crippen molar-refractivity contribution in [2.75, 3.05) is 18.0 Å². The molecule has 1 saturated carbocycles. The molecule has 7 rings (SSSR count). The number of benzene rings is 1. The van der Waals surface area contributed by atoms with Crippen molar-refractivity contribution in [3.63, 3.8) is 0 Å². The summed E-state index contributed by atoms with van der Waals surface area (Å²) in [5, 5.41) is 1.14. The van der Waals surface area contributed by atoms with E-state index in [1.54, 1.807) is 0 Å². The first-order valence-corrected chi connectivity index (χ1v) is 13.1. The first-order valence-electron chi connectivity index (χ1n) is 13.1. The van der Waals surface area contributed by atoms with E-state index < -0.39 is 0 Å². The Morgan fingerprint density at radius 2 is 1.72 bits per heavy atom. The van der Waals surface area contributed by atoms with Crippen LogP contribution in [0.1, 0.15) is 43.4 Å². The van der Waals surface area contributed by atoms with Crippen LogP contribution in [0, 0.1) is 19.3 Å². The number of aryl methyl sites for hydroxylation is 2. The molecular formula is C31H31N5.